The zero-order valence-corrected chi connectivity index (χ0v) is 21.8. The number of hydrogen-bond acceptors (Lipinski definition) is 5. The molecule has 0 spiro atoms. The second-order valence-corrected chi connectivity index (χ2v) is 9.92. The van der Waals surface area contributed by atoms with Crippen LogP contribution in [-0.4, -0.2) is 36.7 Å². The number of benzene rings is 2. The molecule has 200 valence electrons. The van der Waals surface area contributed by atoms with Gasteiger partial charge in [-0.3, -0.25) is 10.2 Å². The van der Waals surface area contributed by atoms with Gasteiger partial charge >= 0.3 is 12.1 Å². The largest absolute Gasteiger partial charge is 0.469 e. The topological polar surface area (TPSA) is 122 Å². The second kappa shape index (κ2) is 12.3. The number of rotatable bonds is 9. The number of hydrogen-bond donors (Lipinski definition) is 4. The molecule has 0 aliphatic heterocycles. The lowest BCUT2D eigenvalue weighted by Gasteiger charge is -2.20. The lowest BCUT2D eigenvalue weighted by atomic mass is 9.98. The van der Waals surface area contributed by atoms with Crippen molar-refractivity contribution in [2.45, 2.75) is 51.6 Å². The summed E-state index contributed by atoms with van der Waals surface area (Å²) in [5.41, 5.74) is 9.15. The predicted molar refractivity (Wildman–Crippen MR) is 143 cm³/mol. The van der Waals surface area contributed by atoms with Crippen molar-refractivity contribution in [3.05, 3.63) is 83.8 Å². The number of fused-ring (bicyclic) bond motifs is 3. The van der Waals surface area contributed by atoms with E-state index in [4.69, 9.17) is 9.15 Å². The van der Waals surface area contributed by atoms with E-state index in [1.807, 2.05) is 43.3 Å². The molecular formula is C29H34N4O5. The molecule has 38 heavy (non-hydrogen) atoms. The fraction of sp³-hybridized carbons (Fsp3) is 0.345. The van der Waals surface area contributed by atoms with Gasteiger partial charge in [-0.05, 0) is 53.6 Å². The van der Waals surface area contributed by atoms with Gasteiger partial charge in [0, 0.05) is 18.4 Å². The first-order chi connectivity index (χ1) is 18.3. The molecule has 1 aromatic heterocycles. The summed E-state index contributed by atoms with van der Waals surface area (Å²) in [7, 11) is 0. The Kier molecular flexibility index (Phi) is 8.68. The third-order valence-electron chi connectivity index (χ3n) is 6.44. The zero-order valence-electron chi connectivity index (χ0n) is 21.8. The Hall–Kier alpha value is -4.27. The van der Waals surface area contributed by atoms with E-state index < -0.39 is 24.1 Å². The number of hydrazine groups is 1. The number of furan rings is 1. The lowest BCUT2D eigenvalue weighted by molar-refractivity contribution is -0.123. The summed E-state index contributed by atoms with van der Waals surface area (Å²) in [6.07, 6.45) is 1.62. The Morgan fingerprint density at radius 1 is 0.868 bits per heavy atom. The third kappa shape index (κ3) is 6.73. The van der Waals surface area contributed by atoms with E-state index in [0.29, 0.717) is 11.7 Å². The molecule has 1 heterocycles. The highest BCUT2D eigenvalue weighted by Gasteiger charge is 2.30. The monoisotopic (exact) mass is 518 g/mol. The minimum atomic E-state index is -1.04. The average molecular weight is 519 g/mol. The van der Waals surface area contributed by atoms with Gasteiger partial charge in [-0.15, -0.1) is 0 Å². The molecule has 0 saturated carbocycles. The first-order valence-electron chi connectivity index (χ1n) is 12.8. The smallest absolute Gasteiger partial charge is 0.407 e. The first kappa shape index (κ1) is 26.8. The van der Waals surface area contributed by atoms with Crippen molar-refractivity contribution in [1.82, 2.24) is 21.5 Å². The van der Waals surface area contributed by atoms with E-state index in [-0.39, 0.29) is 25.0 Å². The van der Waals surface area contributed by atoms with Crippen LogP contribution in [0.4, 0.5) is 9.59 Å². The number of carbonyl (C=O) groups is 3. The molecule has 0 radical (unpaired) electrons. The van der Waals surface area contributed by atoms with Gasteiger partial charge in [-0.2, -0.15) is 0 Å². The molecule has 3 aromatic rings. The summed E-state index contributed by atoms with van der Waals surface area (Å²) in [5, 5.41) is 5.38. The van der Waals surface area contributed by atoms with Gasteiger partial charge in [0.1, 0.15) is 18.4 Å². The van der Waals surface area contributed by atoms with E-state index in [0.717, 1.165) is 28.7 Å². The maximum absolute atomic E-state index is 12.9. The molecule has 0 saturated heterocycles. The molecule has 0 fully saturated rings. The van der Waals surface area contributed by atoms with Crippen molar-refractivity contribution >= 4 is 18.0 Å². The minimum absolute atomic E-state index is 0.0650. The summed E-state index contributed by atoms with van der Waals surface area (Å²) in [5.74, 6) is 0.198. The fourth-order valence-electron chi connectivity index (χ4n) is 4.85. The Balaban J connectivity index is 1.36. The third-order valence-corrected chi connectivity index (χ3v) is 6.44. The van der Waals surface area contributed by atoms with Gasteiger partial charge in [-0.1, -0.05) is 62.4 Å². The van der Waals surface area contributed by atoms with Crippen molar-refractivity contribution in [1.29, 1.82) is 0 Å². The highest BCUT2D eigenvalue weighted by atomic mass is 16.5. The molecule has 9 nitrogen and oxygen atoms in total. The highest BCUT2D eigenvalue weighted by Crippen LogP contribution is 2.44. The molecule has 4 rings (SSSR count). The van der Waals surface area contributed by atoms with Crippen LogP contribution in [0.3, 0.4) is 0 Å². The van der Waals surface area contributed by atoms with Crippen LogP contribution >= 0.6 is 0 Å². The van der Waals surface area contributed by atoms with Crippen LogP contribution in [0.1, 0.15) is 50.0 Å². The van der Waals surface area contributed by atoms with Gasteiger partial charge in [0.05, 0.1) is 6.26 Å². The summed E-state index contributed by atoms with van der Waals surface area (Å²) in [6.45, 7) is 6.13. The molecule has 0 bridgehead atoms. The van der Waals surface area contributed by atoms with E-state index in [1.54, 1.807) is 12.1 Å². The number of carbonyl (C=O) groups excluding carboxylic acids is 3. The lowest BCUT2D eigenvalue weighted by Crippen LogP contribution is -2.55. The summed E-state index contributed by atoms with van der Waals surface area (Å²) in [4.78, 5) is 37.9. The molecular weight excluding hydrogens is 484 g/mol. The van der Waals surface area contributed by atoms with E-state index in [9.17, 15) is 14.4 Å². The van der Waals surface area contributed by atoms with Crippen molar-refractivity contribution in [2.75, 3.05) is 6.61 Å². The number of urea groups is 1. The highest BCUT2D eigenvalue weighted by molar-refractivity contribution is 5.88. The van der Waals surface area contributed by atoms with E-state index in [2.05, 4.69) is 47.5 Å². The quantitative estimate of drug-likeness (QED) is 0.311. The number of amides is 4. The summed E-state index contributed by atoms with van der Waals surface area (Å²) >= 11 is 0. The van der Waals surface area contributed by atoms with Crippen molar-refractivity contribution in [3.63, 3.8) is 0 Å². The summed E-state index contributed by atoms with van der Waals surface area (Å²) < 4.78 is 11.0. The normalized spacial score (nSPS) is 13.7. The zero-order chi connectivity index (χ0) is 27.1. The molecule has 1 aliphatic carbocycles. The van der Waals surface area contributed by atoms with Gasteiger partial charge in [-0.25, -0.2) is 15.0 Å². The van der Waals surface area contributed by atoms with Gasteiger partial charge in [0.2, 0.25) is 0 Å². The minimum Gasteiger partial charge on any atom is -0.469 e. The molecule has 4 N–H and O–H groups in total. The maximum Gasteiger partial charge on any atom is 0.407 e. The number of alkyl carbamates (subject to hydrolysis) is 1. The molecule has 2 atom stereocenters. The van der Waals surface area contributed by atoms with Crippen LogP contribution < -0.4 is 21.5 Å². The summed E-state index contributed by atoms with van der Waals surface area (Å²) in [6, 6.07) is 17.9. The SMILES string of the molecule is CC(C)C[C@H](C)NC(=O)NNC(=O)[C@@H](Cc1ccco1)NC(=O)OCC1c2ccccc2-c2ccccc21. The van der Waals surface area contributed by atoms with Crippen molar-refractivity contribution < 1.29 is 23.5 Å². The van der Waals surface area contributed by atoms with Crippen LogP contribution in [-0.2, 0) is 16.0 Å². The van der Waals surface area contributed by atoms with Crippen LogP contribution in [0.15, 0.2) is 71.3 Å². The average Bonchev–Trinajstić information content (AvgIpc) is 3.51. The maximum atomic E-state index is 12.9. The molecule has 1 aliphatic rings. The van der Waals surface area contributed by atoms with Crippen molar-refractivity contribution in [3.8, 4) is 11.1 Å². The molecule has 4 amide bonds. The van der Waals surface area contributed by atoms with Gasteiger partial charge in [0.25, 0.3) is 5.91 Å². The molecule has 2 aromatic carbocycles. The standard InChI is InChI=1S/C29H34N4O5/c1-18(2)15-19(3)30-28(35)33-32-27(34)26(16-20-9-8-14-37-20)31-29(36)38-17-25-23-12-6-4-10-21(23)22-11-5-7-13-24(22)25/h4-14,18-19,25-26H,15-17H2,1-3H3,(H,31,36)(H,32,34)(H2,30,33,35)/t19-,26+/m0/s1. The van der Waals surface area contributed by atoms with E-state index in [1.165, 1.54) is 6.26 Å². The Morgan fingerprint density at radius 3 is 2.13 bits per heavy atom. The van der Waals surface area contributed by atoms with Gasteiger partial charge in [0.15, 0.2) is 0 Å². The second-order valence-electron chi connectivity index (χ2n) is 9.92. The van der Waals surface area contributed by atoms with Crippen LogP contribution in [0.25, 0.3) is 11.1 Å². The molecule has 9 heteroatoms. The number of nitrogens with one attached hydrogen (secondary N) is 4. The fourth-order valence-corrected chi connectivity index (χ4v) is 4.85. The Morgan fingerprint density at radius 2 is 1.53 bits per heavy atom. The number of ether oxygens (including phenoxy) is 1. The van der Waals surface area contributed by atoms with Crippen LogP contribution in [0.2, 0.25) is 0 Å². The molecule has 0 unspecified atom stereocenters. The van der Waals surface area contributed by atoms with E-state index >= 15 is 0 Å². The van der Waals surface area contributed by atoms with Gasteiger partial charge < -0.3 is 19.8 Å². The van der Waals surface area contributed by atoms with Crippen LogP contribution in [0.5, 0.6) is 0 Å². The first-order valence-corrected chi connectivity index (χ1v) is 12.8. The Labute approximate surface area is 222 Å². The Bertz CT molecular complexity index is 1210. The van der Waals surface area contributed by atoms with Crippen LogP contribution in [0, 0.1) is 5.92 Å². The van der Waals surface area contributed by atoms with Crippen molar-refractivity contribution in [2.24, 2.45) is 5.92 Å². The predicted octanol–water partition coefficient (Wildman–Crippen LogP) is 4.49.